The van der Waals surface area contributed by atoms with Crippen molar-refractivity contribution in [1.29, 1.82) is 0 Å². The third kappa shape index (κ3) is 3.49. The van der Waals surface area contributed by atoms with Crippen LogP contribution in [0.5, 0.6) is 0 Å². The summed E-state index contributed by atoms with van der Waals surface area (Å²) in [5.74, 6) is 0. The lowest BCUT2D eigenvalue weighted by Gasteiger charge is -2.20. The zero-order valence-corrected chi connectivity index (χ0v) is 17.0. The van der Waals surface area contributed by atoms with E-state index in [0.29, 0.717) is 0 Å². The van der Waals surface area contributed by atoms with E-state index in [0.717, 1.165) is 25.7 Å². The molecule has 0 aliphatic carbocycles. The molecule has 0 unspecified atom stereocenters. The molecule has 0 saturated carbocycles. The highest BCUT2D eigenvalue weighted by Crippen LogP contribution is 2.35. The molecule has 0 saturated heterocycles. The van der Waals surface area contributed by atoms with Crippen molar-refractivity contribution in [3.63, 3.8) is 0 Å². The molecule has 0 spiro atoms. The number of pyridine rings is 1. The van der Waals surface area contributed by atoms with Gasteiger partial charge in [-0.15, -0.1) is 0 Å². The van der Waals surface area contributed by atoms with E-state index in [1.165, 1.54) is 58.6 Å². The molecule has 1 nitrogen and oxygen atoms in total. The lowest BCUT2D eigenvalue weighted by molar-refractivity contribution is 0.808. The van der Waals surface area contributed by atoms with Gasteiger partial charge in [-0.05, 0) is 47.8 Å². The summed E-state index contributed by atoms with van der Waals surface area (Å²) in [6.07, 6.45) is 9.28. The molecule has 26 heavy (non-hydrogen) atoms. The molecule has 3 aromatic rings. The molecule has 1 aromatic heterocycles. The van der Waals surface area contributed by atoms with Crippen LogP contribution in [-0.2, 0) is 25.7 Å². The van der Waals surface area contributed by atoms with Gasteiger partial charge < -0.3 is 0 Å². The van der Waals surface area contributed by atoms with E-state index in [2.05, 4.69) is 58.0 Å². The van der Waals surface area contributed by atoms with Crippen molar-refractivity contribution in [3.8, 4) is 0 Å². The first-order valence-electron chi connectivity index (χ1n) is 10.6. The summed E-state index contributed by atoms with van der Waals surface area (Å²) in [6.45, 7) is 9.16. The highest BCUT2D eigenvalue weighted by Gasteiger charge is 2.18. The Morgan fingerprint density at radius 2 is 1.38 bits per heavy atom. The second-order valence-electron chi connectivity index (χ2n) is 7.50. The molecule has 1 heteroatoms. The summed E-state index contributed by atoms with van der Waals surface area (Å²) in [5.41, 5.74) is 7.24. The number of fused-ring (bicyclic) bond motifs is 3. The second-order valence-corrected chi connectivity index (χ2v) is 7.50. The van der Waals surface area contributed by atoms with E-state index < -0.39 is 0 Å². The minimum atomic E-state index is 1.09. The van der Waals surface area contributed by atoms with Crippen LogP contribution in [0.3, 0.4) is 0 Å². The first kappa shape index (κ1) is 18.9. The van der Waals surface area contributed by atoms with Crippen molar-refractivity contribution >= 4 is 21.7 Å². The molecule has 0 aliphatic rings. The van der Waals surface area contributed by atoms with Crippen LogP contribution in [0, 0.1) is 0 Å². The number of hydrogen-bond acceptors (Lipinski definition) is 1. The molecular formula is C25H33N. The van der Waals surface area contributed by atoms with Crippen molar-refractivity contribution in [2.75, 3.05) is 0 Å². The Hall–Kier alpha value is -1.89. The normalized spacial score (nSPS) is 11.5. The van der Waals surface area contributed by atoms with Crippen LogP contribution in [0.15, 0.2) is 30.3 Å². The number of aromatic nitrogens is 1. The zero-order chi connectivity index (χ0) is 18.5. The Labute approximate surface area is 158 Å². The van der Waals surface area contributed by atoms with Gasteiger partial charge in [0.25, 0.3) is 0 Å². The van der Waals surface area contributed by atoms with Crippen LogP contribution in [-0.4, -0.2) is 4.98 Å². The molecule has 0 amide bonds. The Balaban J connectivity index is 2.46. The molecule has 0 atom stereocenters. The average molecular weight is 348 g/mol. The van der Waals surface area contributed by atoms with Gasteiger partial charge in [-0.1, -0.05) is 83.7 Å². The summed E-state index contributed by atoms with van der Waals surface area (Å²) in [4.78, 5) is 5.30. The fourth-order valence-corrected chi connectivity index (χ4v) is 4.35. The van der Waals surface area contributed by atoms with E-state index in [1.807, 2.05) is 0 Å². The predicted molar refractivity (Wildman–Crippen MR) is 115 cm³/mol. The molecule has 2 aromatic carbocycles. The predicted octanol–water partition coefficient (Wildman–Crippen LogP) is 7.20. The van der Waals surface area contributed by atoms with Crippen LogP contribution in [0.25, 0.3) is 21.7 Å². The third-order valence-corrected chi connectivity index (χ3v) is 5.37. The maximum Gasteiger partial charge on any atom is 0.0789 e. The van der Waals surface area contributed by atoms with Gasteiger partial charge in [-0.3, -0.25) is 4.98 Å². The Bertz CT molecular complexity index is 892. The molecule has 1 heterocycles. The van der Waals surface area contributed by atoms with Crippen molar-refractivity contribution in [1.82, 2.24) is 4.98 Å². The lowest BCUT2D eigenvalue weighted by atomic mass is 9.88. The SMILES string of the molecule is CCCc1nc2c(c(CCC)cc3ccccc32)c(CCC)c1CCC. The highest BCUT2D eigenvalue weighted by molar-refractivity contribution is 6.08. The molecule has 0 radical (unpaired) electrons. The maximum absolute atomic E-state index is 5.30. The molecule has 0 bridgehead atoms. The van der Waals surface area contributed by atoms with Crippen LogP contribution in [0.4, 0.5) is 0 Å². The van der Waals surface area contributed by atoms with Crippen molar-refractivity contribution < 1.29 is 0 Å². The summed E-state index contributed by atoms with van der Waals surface area (Å²) in [6, 6.07) is 11.2. The second kappa shape index (κ2) is 8.66. The Kier molecular flexibility index (Phi) is 6.29. The Morgan fingerprint density at radius 1 is 0.731 bits per heavy atom. The average Bonchev–Trinajstić information content (AvgIpc) is 2.65. The number of rotatable bonds is 8. The van der Waals surface area contributed by atoms with Crippen LogP contribution >= 0.6 is 0 Å². The number of aryl methyl sites for hydroxylation is 3. The van der Waals surface area contributed by atoms with Crippen LogP contribution in [0.2, 0.25) is 0 Å². The van der Waals surface area contributed by atoms with E-state index in [9.17, 15) is 0 Å². The van der Waals surface area contributed by atoms with Gasteiger partial charge in [0.15, 0.2) is 0 Å². The Morgan fingerprint density at radius 3 is 2.08 bits per heavy atom. The summed E-state index contributed by atoms with van der Waals surface area (Å²) in [5, 5.41) is 4.12. The molecule has 0 aliphatic heterocycles. The number of hydrogen-bond donors (Lipinski definition) is 0. The topological polar surface area (TPSA) is 12.9 Å². The molecular weight excluding hydrogens is 314 g/mol. The molecule has 0 fully saturated rings. The van der Waals surface area contributed by atoms with Gasteiger partial charge in [-0.25, -0.2) is 0 Å². The van der Waals surface area contributed by atoms with Gasteiger partial charge >= 0.3 is 0 Å². The summed E-state index contributed by atoms with van der Waals surface area (Å²) >= 11 is 0. The minimum Gasteiger partial charge on any atom is -0.252 e. The smallest absolute Gasteiger partial charge is 0.0789 e. The van der Waals surface area contributed by atoms with Gasteiger partial charge in [0.1, 0.15) is 0 Å². The fraction of sp³-hybridized carbons (Fsp3) is 0.480. The summed E-state index contributed by atoms with van der Waals surface area (Å²) in [7, 11) is 0. The maximum atomic E-state index is 5.30. The molecule has 0 N–H and O–H groups in total. The van der Waals surface area contributed by atoms with Crippen molar-refractivity contribution in [2.24, 2.45) is 0 Å². The lowest BCUT2D eigenvalue weighted by Crippen LogP contribution is -2.07. The van der Waals surface area contributed by atoms with E-state index in [4.69, 9.17) is 4.98 Å². The van der Waals surface area contributed by atoms with Gasteiger partial charge in [0.05, 0.1) is 5.52 Å². The monoisotopic (exact) mass is 347 g/mol. The molecule has 138 valence electrons. The van der Waals surface area contributed by atoms with Gasteiger partial charge in [0, 0.05) is 16.5 Å². The first-order chi connectivity index (χ1) is 12.7. The minimum absolute atomic E-state index is 1.09. The number of nitrogens with zero attached hydrogens (tertiary/aromatic N) is 1. The first-order valence-corrected chi connectivity index (χ1v) is 10.6. The van der Waals surface area contributed by atoms with Gasteiger partial charge in [0.2, 0.25) is 0 Å². The van der Waals surface area contributed by atoms with Crippen molar-refractivity contribution in [3.05, 3.63) is 52.7 Å². The summed E-state index contributed by atoms with van der Waals surface area (Å²) < 4.78 is 0. The highest BCUT2D eigenvalue weighted by atomic mass is 14.7. The van der Waals surface area contributed by atoms with E-state index in [1.54, 1.807) is 11.1 Å². The third-order valence-electron chi connectivity index (χ3n) is 5.37. The van der Waals surface area contributed by atoms with Crippen molar-refractivity contribution in [2.45, 2.75) is 79.1 Å². The van der Waals surface area contributed by atoms with E-state index >= 15 is 0 Å². The quantitative estimate of drug-likeness (QED) is 0.393. The fourth-order valence-electron chi connectivity index (χ4n) is 4.35. The standard InChI is InChI=1S/C25H33N/c1-5-11-19-17-18-15-9-10-16-20(18)25-24(19)22(13-7-3)21(12-6-2)23(26-25)14-8-4/h9-10,15-17H,5-8,11-14H2,1-4H3. The van der Waals surface area contributed by atoms with Crippen LogP contribution in [0.1, 0.15) is 75.8 Å². The zero-order valence-electron chi connectivity index (χ0n) is 17.0. The molecule has 3 rings (SSSR count). The van der Waals surface area contributed by atoms with Crippen LogP contribution < -0.4 is 0 Å². The number of benzene rings is 2. The largest absolute Gasteiger partial charge is 0.252 e. The van der Waals surface area contributed by atoms with Gasteiger partial charge in [-0.2, -0.15) is 0 Å². The van der Waals surface area contributed by atoms with E-state index in [-0.39, 0.29) is 0 Å².